The average molecular weight is 290 g/mol. The fourth-order valence-corrected chi connectivity index (χ4v) is 3.26. The molecule has 2 N–H and O–H groups in total. The smallest absolute Gasteiger partial charge is 0.132 e. The molecular weight excluding hydrogens is 260 g/mol. The number of nitrogens with zero attached hydrogens (tertiary/aromatic N) is 2. The highest BCUT2D eigenvalue weighted by Gasteiger charge is 2.22. The summed E-state index contributed by atoms with van der Waals surface area (Å²) >= 11 is 0. The van der Waals surface area contributed by atoms with Gasteiger partial charge in [0.05, 0.1) is 0 Å². The van der Waals surface area contributed by atoms with Crippen molar-refractivity contribution < 1.29 is 0 Å². The van der Waals surface area contributed by atoms with E-state index in [0.717, 1.165) is 42.8 Å². The van der Waals surface area contributed by atoms with E-state index in [-0.39, 0.29) is 0 Å². The van der Waals surface area contributed by atoms with Crippen molar-refractivity contribution in [2.45, 2.75) is 71.8 Å². The molecule has 4 nitrogen and oxygen atoms in total. The second-order valence-electron chi connectivity index (χ2n) is 6.17. The van der Waals surface area contributed by atoms with Gasteiger partial charge in [-0.1, -0.05) is 33.1 Å². The first-order valence-electron chi connectivity index (χ1n) is 8.59. The summed E-state index contributed by atoms with van der Waals surface area (Å²) < 4.78 is 0. The molecule has 0 amide bonds. The molecule has 1 aromatic heterocycles. The summed E-state index contributed by atoms with van der Waals surface area (Å²) in [5.41, 5.74) is 0. The molecule has 0 radical (unpaired) electrons. The van der Waals surface area contributed by atoms with E-state index in [1.165, 1.54) is 32.1 Å². The Morgan fingerprint density at radius 3 is 2.52 bits per heavy atom. The molecular formula is C17H30N4. The van der Waals surface area contributed by atoms with E-state index in [4.69, 9.17) is 0 Å². The van der Waals surface area contributed by atoms with Gasteiger partial charge in [0.2, 0.25) is 0 Å². The van der Waals surface area contributed by atoms with Gasteiger partial charge in [-0.05, 0) is 38.5 Å². The second-order valence-corrected chi connectivity index (χ2v) is 6.17. The van der Waals surface area contributed by atoms with Crippen molar-refractivity contribution in [2.75, 3.05) is 17.2 Å². The third-order valence-electron chi connectivity index (χ3n) is 4.39. The topological polar surface area (TPSA) is 49.8 Å². The van der Waals surface area contributed by atoms with Gasteiger partial charge in [0.25, 0.3) is 0 Å². The molecule has 1 heterocycles. The lowest BCUT2D eigenvalue weighted by molar-refractivity contribution is 0.312. The lowest BCUT2D eigenvalue weighted by atomic mass is 9.83. The first-order chi connectivity index (χ1) is 10.2. The predicted molar refractivity (Wildman–Crippen MR) is 89.8 cm³/mol. The molecule has 0 aliphatic heterocycles. The summed E-state index contributed by atoms with van der Waals surface area (Å²) in [6.07, 6.45) is 9.15. The first kappa shape index (κ1) is 16.1. The second kappa shape index (κ2) is 8.20. The van der Waals surface area contributed by atoms with E-state index in [9.17, 15) is 0 Å². The van der Waals surface area contributed by atoms with Gasteiger partial charge in [-0.2, -0.15) is 0 Å². The minimum absolute atomic E-state index is 0.540. The Morgan fingerprint density at radius 1 is 1.14 bits per heavy atom. The van der Waals surface area contributed by atoms with Crippen molar-refractivity contribution in [1.29, 1.82) is 0 Å². The fourth-order valence-electron chi connectivity index (χ4n) is 3.26. The zero-order valence-corrected chi connectivity index (χ0v) is 13.8. The number of anilines is 2. The van der Waals surface area contributed by atoms with Gasteiger partial charge in [0.1, 0.15) is 17.5 Å². The highest BCUT2D eigenvalue weighted by molar-refractivity contribution is 5.48. The fraction of sp³-hybridized carbons (Fsp3) is 0.765. The molecule has 0 saturated heterocycles. The summed E-state index contributed by atoms with van der Waals surface area (Å²) in [4.78, 5) is 9.02. The van der Waals surface area contributed by atoms with Gasteiger partial charge >= 0.3 is 0 Å². The molecule has 1 saturated carbocycles. The van der Waals surface area contributed by atoms with E-state index in [0.29, 0.717) is 6.04 Å². The van der Waals surface area contributed by atoms with Crippen LogP contribution in [0.2, 0.25) is 0 Å². The van der Waals surface area contributed by atoms with Crippen LogP contribution in [0.15, 0.2) is 6.07 Å². The van der Waals surface area contributed by atoms with Crippen LogP contribution in [0.25, 0.3) is 0 Å². The van der Waals surface area contributed by atoms with Crippen molar-refractivity contribution in [3.05, 3.63) is 11.9 Å². The van der Waals surface area contributed by atoms with Crippen molar-refractivity contribution in [2.24, 2.45) is 5.92 Å². The van der Waals surface area contributed by atoms with Crippen LogP contribution >= 0.6 is 0 Å². The van der Waals surface area contributed by atoms with Crippen molar-refractivity contribution in [3.8, 4) is 0 Å². The summed E-state index contributed by atoms with van der Waals surface area (Å²) in [5.74, 6) is 3.53. The van der Waals surface area contributed by atoms with E-state index in [2.05, 4.69) is 34.4 Å². The maximum absolute atomic E-state index is 4.56. The summed E-state index contributed by atoms with van der Waals surface area (Å²) in [7, 11) is 0. The summed E-state index contributed by atoms with van der Waals surface area (Å²) in [5, 5.41) is 7.02. The van der Waals surface area contributed by atoms with Crippen LogP contribution in [-0.4, -0.2) is 22.6 Å². The Labute approximate surface area is 129 Å². The maximum Gasteiger partial charge on any atom is 0.132 e. The zero-order valence-electron chi connectivity index (χ0n) is 13.8. The normalized spacial score (nSPS) is 17.5. The van der Waals surface area contributed by atoms with Gasteiger partial charge in [-0.25, -0.2) is 9.97 Å². The molecule has 1 aliphatic rings. The highest BCUT2D eigenvalue weighted by Crippen LogP contribution is 2.29. The standard InChI is InChI=1S/C17H30N4/c1-4-11-18-16-12-17(20-13(3)19-16)21-15(5-2)14-9-7-6-8-10-14/h12,14-15H,4-11H2,1-3H3,(H2,18,19,20,21). The minimum atomic E-state index is 0.540. The third-order valence-corrected chi connectivity index (χ3v) is 4.39. The largest absolute Gasteiger partial charge is 0.370 e. The molecule has 4 heteroatoms. The summed E-state index contributed by atoms with van der Waals surface area (Å²) in [6, 6.07) is 2.59. The van der Waals surface area contributed by atoms with Gasteiger partial charge in [0.15, 0.2) is 0 Å². The number of hydrogen-bond donors (Lipinski definition) is 2. The monoisotopic (exact) mass is 290 g/mol. The average Bonchev–Trinajstić information content (AvgIpc) is 2.51. The van der Waals surface area contributed by atoms with Crippen LogP contribution in [0.1, 0.15) is 64.6 Å². The zero-order chi connectivity index (χ0) is 15.1. The van der Waals surface area contributed by atoms with E-state index < -0.39 is 0 Å². The van der Waals surface area contributed by atoms with Crippen LogP contribution < -0.4 is 10.6 Å². The van der Waals surface area contributed by atoms with Crippen LogP contribution in [-0.2, 0) is 0 Å². The Morgan fingerprint density at radius 2 is 1.86 bits per heavy atom. The van der Waals surface area contributed by atoms with Crippen molar-refractivity contribution in [3.63, 3.8) is 0 Å². The number of aromatic nitrogens is 2. The molecule has 118 valence electrons. The van der Waals surface area contributed by atoms with Crippen molar-refractivity contribution >= 4 is 11.6 Å². The lowest BCUT2D eigenvalue weighted by Gasteiger charge is -2.30. The molecule has 2 rings (SSSR count). The number of rotatable bonds is 7. The Bertz CT molecular complexity index is 427. The van der Waals surface area contributed by atoms with Gasteiger partial charge in [-0.3, -0.25) is 0 Å². The maximum atomic E-state index is 4.56. The van der Waals surface area contributed by atoms with E-state index >= 15 is 0 Å². The molecule has 1 aliphatic carbocycles. The Balaban J connectivity index is 2.03. The molecule has 0 aromatic carbocycles. The molecule has 1 atom stereocenters. The first-order valence-corrected chi connectivity index (χ1v) is 8.59. The third kappa shape index (κ3) is 4.87. The van der Waals surface area contributed by atoms with Gasteiger partial charge in [0, 0.05) is 18.7 Å². The molecule has 1 fully saturated rings. The minimum Gasteiger partial charge on any atom is -0.370 e. The van der Waals surface area contributed by atoms with Gasteiger partial charge < -0.3 is 10.6 Å². The molecule has 0 spiro atoms. The van der Waals surface area contributed by atoms with E-state index in [1.807, 2.05) is 13.0 Å². The van der Waals surface area contributed by atoms with Gasteiger partial charge in [-0.15, -0.1) is 0 Å². The van der Waals surface area contributed by atoms with Crippen LogP contribution in [0.3, 0.4) is 0 Å². The van der Waals surface area contributed by atoms with Crippen molar-refractivity contribution in [1.82, 2.24) is 9.97 Å². The highest BCUT2D eigenvalue weighted by atomic mass is 15.1. The molecule has 0 bridgehead atoms. The predicted octanol–water partition coefficient (Wildman–Crippen LogP) is 4.38. The van der Waals surface area contributed by atoms with Crippen LogP contribution in [0, 0.1) is 12.8 Å². The lowest BCUT2D eigenvalue weighted by Crippen LogP contribution is -2.30. The SMILES string of the molecule is CCCNc1cc(NC(CC)C2CCCCC2)nc(C)n1. The Hall–Kier alpha value is -1.32. The summed E-state index contributed by atoms with van der Waals surface area (Å²) in [6.45, 7) is 7.35. The van der Waals surface area contributed by atoms with E-state index in [1.54, 1.807) is 0 Å². The molecule has 1 aromatic rings. The van der Waals surface area contributed by atoms with Crippen LogP contribution in [0.5, 0.6) is 0 Å². The quantitative estimate of drug-likeness (QED) is 0.782. The molecule has 21 heavy (non-hydrogen) atoms. The van der Waals surface area contributed by atoms with Crippen LogP contribution in [0.4, 0.5) is 11.6 Å². The number of aryl methyl sites for hydroxylation is 1. The number of hydrogen-bond acceptors (Lipinski definition) is 4. The Kier molecular flexibility index (Phi) is 6.27. The number of nitrogens with one attached hydrogen (secondary N) is 2. The molecule has 1 unspecified atom stereocenters.